The molecule has 0 unspecified atom stereocenters. The first-order chi connectivity index (χ1) is 12.8. The number of carbonyl (C=O) groups excluding carboxylic acids is 2. The van der Waals surface area contributed by atoms with Crippen molar-refractivity contribution in [3.63, 3.8) is 0 Å². The van der Waals surface area contributed by atoms with E-state index in [-0.39, 0.29) is 36.2 Å². The number of ether oxygens (including phenoxy) is 2. The quantitative estimate of drug-likeness (QED) is 0.680. The van der Waals surface area contributed by atoms with Crippen molar-refractivity contribution in [2.75, 3.05) is 13.2 Å². The molecule has 1 aromatic carbocycles. The second-order valence-electron chi connectivity index (χ2n) is 7.51. The van der Waals surface area contributed by atoms with Crippen LogP contribution in [0.15, 0.2) is 30.3 Å². The van der Waals surface area contributed by atoms with Crippen molar-refractivity contribution in [3.05, 3.63) is 35.9 Å². The maximum Gasteiger partial charge on any atom is 0.424 e. The van der Waals surface area contributed by atoms with Gasteiger partial charge < -0.3 is 9.47 Å². The van der Waals surface area contributed by atoms with Gasteiger partial charge in [-0.1, -0.05) is 30.3 Å². The van der Waals surface area contributed by atoms with E-state index in [1.54, 1.807) is 11.9 Å². The van der Waals surface area contributed by atoms with Gasteiger partial charge in [-0.3, -0.25) is 4.79 Å². The zero-order valence-corrected chi connectivity index (χ0v) is 17.1. The summed E-state index contributed by atoms with van der Waals surface area (Å²) in [6.45, 7) is 10.4. The molecule has 1 aromatic rings. The molecule has 2 rings (SSSR count). The van der Waals surface area contributed by atoms with E-state index in [1.807, 2.05) is 32.0 Å². The summed E-state index contributed by atoms with van der Waals surface area (Å²) in [4.78, 5) is 24.8. The Morgan fingerprint density at radius 1 is 1.15 bits per heavy atom. The van der Waals surface area contributed by atoms with Gasteiger partial charge in [-0.2, -0.15) is 0 Å². The predicted molar refractivity (Wildman–Crippen MR) is 104 cm³/mol. The average molecular weight is 376 g/mol. The van der Waals surface area contributed by atoms with Crippen molar-refractivity contribution < 1.29 is 19.1 Å². The van der Waals surface area contributed by atoms with E-state index in [0.717, 1.165) is 6.42 Å². The predicted octanol–water partition coefficient (Wildman–Crippen LogP) is 3.65. The van der Waals surface area contributed by atoms with E-state index < -0.39 is 0 Å². The monoisotopic (exact) mass is 376 g/mol. The highest BCUT2D eigenvalue weighted by atomic mass is 16.6. The standard InChI is InChI=1S/C21H32N2O4/c1-6-26-20(24)13-18-14-22(21(25)27-16(4)5)23(15(2)3)19(18)12-17-10-8-7-9-11-17/h7-11,15-16,18-19H,6,12-14H2,1-5H3/t18-,19+/m0/s1. The summed E-state index contributed by atoms with van der Waals surface area (Å²) >= 11 is 0. The second-order valence-corrected chi connectivity index (χ2v) is 7.51. The minimum atomic E-state index is -0.358. The topological polar surface area (TPSA) is 59.1 Å². The zero-order chi connectivity index (χ0) is 20.0. The summed E-state index contributed by atoms with van der Waals surface area (Å²) in [5.41, 5.74) is 1.18. The fourth-order valence-corrected chi connectivity index (χ4v) is 3.68. The van der Waals surface area contributed by atoms with Gasteiger partial charge >= 0.3 is 12.1 Å². The van der Waals surface area contributed by atoms with E-state index >= 15 is 0 Å². The molecule has 6 heteroatoms. The van der Waals surface area contributed by atoms with Crippen LogP contribution in [-0.4, -0.2) is 53.4 Å². The van der Waals surface area contributed by atoms with Crippen molar-refractivity contribution in [1.82, 2.24) is 10.0 Å². The first-order valence-electron chi connectivity index (χ1n) is 9.79. The number of benzene rings is 1. The lowest BCUT2D eigenvalue weighted by molar-refractivity contribution is -0.144. The number of amides is 1. The molecule has 6 nitrogen and oxygen atoms in total. The maximum atomic E-state index is 12.7. The fourth-order valence-electron chi connectivity index (χ4n) is 3.68. The number of hydrogen-bond donors (Lipinski definition) is 0. The molecule has 1 fully saturated rings. The number of hydrazine groups is 1. The fraction of sp³-hybridized carbons (Fsp3) is 0.619. The molecule has 0 aliphatic carbocycles. The molecule has 0 N–H and O–H groups in total. The molecule has 2 atom stereocenters. The van der Waals surface area contributed by atoms with Crippen LogP contribution in [0.5, 0.6) is 0 Å². The number of carbonyl (C=O) groups is 2. The van der Waals surface area contributed by atoms with E-state index in [9.17, 15) is 9.59 Å². The maximum absolute atomic E-state index is 12.7. The molecule has 0 spiro atoms. The van der Waals surface area contributed by atoms with Crippen LogP contribution in [0.25, 0.3) is 0 Å². The first kappa shape index (κ1) is 21.2. The Bertz CT molecular complexity index is 618. The number of rotatable bonds is 7. The van der Waals surface area contributed by atoms with Crippen LogP contribution in [0.4, 0.5) is 4.79 Å². The van der Waals surface area contributed by atoms with Crippen molar-refractivity contribution in [2.45, 2.75) is 65.6 Å². The van der Waals surface area contributed by atoms with Gasteiger partial charge in [-0.05, 0) is 46.6 Å². The minimum absolute atomic E-state index is 0.00799. The van der Waals surface area contributed by atoms with Crippen LogP contribution in [-0.2, 0) is 20.7 Å². The van der Waals surface area contributed by atoms with Gasteiger partial charge in [0.2, 0.25) is 0 Å². The molecule has 150 valence electrons. The van der Waals surface area contributed by atoms with E-state index in [4.69, 9.17) is 9.47 Å². The lowest BCUT2D eigenvalue weighted by Crippen LogP contribution is -2.50. The number of esters is 1. The lowest BCUT2D eigenvalue weighted by Gasteiger charge is -2.35. The third kappa shape index (κ3) is 5.70. The van der Waals surface area contributed by atoms with Gasteiger partial charge in [-0.25, -0.2) is 14.8 Å². The molecule has 1 saturated heterocycles. The molecule has 1 heterocycles. The van der Waals surface area contributed by atoms with Crippen LogP contribution in [0.2, 0.25) is 0 Å². The molecular formula is C21H32N2O4. The Hall–Kier alpha value is -2.08. The molecule has 1 amide bonds. The molecule has 0 saturated carbocycles. The largest absolute Gasteiger partial charge is 0.466 e. The molecule has 1 aliphatic rings. The van der Waals surface area contributed by atoms with Crippen LogP contribution < -0.4 is 0 Å². The Labute approximate surface area is 162 Å². The van der Waals surface area contributed by atoms with Gasteiger partial charge in [0.25, 0.3) is 0 Å². The number of nitrogens with zero attached hydrogens (tertiary/aromatic N) is 2. The first-order valence-corrected chi connectivity index (χ1v) is 9.79. The summed E-state index contributed by atoms with van der Waals surface area (Å²) in [6, 6.07) is 10.3. The number of hydrogen-bond acceptors (Lipinski definition) is 5. The minimum Gasteiger partial charge on any atom is -0.466 e. The SMILES string of the molecule is CCOC(=O)C[C@H]1CN(C(=O)OC(C)C)N(C(C)C)[C@@H]1Cc1ccccc1. The molecule has 0 radical (unpaired) electrons. The summed E-state index contributed by atoms with van der Waals surface area (Å²) in [5, 5.41) is 3.74. The summed E-state index contributed by atoms with van der Waals surface area (Å²) in [6.07, 6.45) is 0.500. The average Bonchev–Trinajstić information content (AvgIpc) is 2.94. The van der Waals surface area contributed by atoms with Gasteiger partial charge in [0.15, 0.2) is 0 Å². The summed E-state index contributed by atoms with van der Waals surface area (Å²) < 4.78 is 10.6. The normalized spacial score (nSPS) is 20.3. The summed E-state index contributed by atoms with van der Waals surface area (Å²) in [5.74, 6) is -0.227. The molecule has 1 aliphatic heterocycles. The van der Waals surface area contributed by atoms with Gasteiger partial charge in [0.1, 0.15) is 0 Å². The van der Waals surface area contributed by atoms with Crippen LogP contribution >= 0.6 is 0 Å². The highest BCUT2D eigenvalue weighted by molar-refractivity contribution is 5.71. The smallest absolute Gasteiger partial charge is 0.424 e. The summed E-state index contributed by atoms with van der Waals surface area (Å²) in [7, 11) is 0. The Morgan fingerprint density at radius 2 is 1.81 bits per heavy atom. The molecule has 0 aromatic heterocycles. The highest BCUT2D eigenvalue weighted by Gasteiger charge is 2.45. The Morgan fingerprint density at radius 3 is 2.37 bits per heavy atom. The van der Waals surface area contributed by atoms with Crippen molar-refractivity contribution in [3.8, 4) is 0 Å². The second kappa shape index (κ2) is 9.74. The van der Waals surface area contributed by atoms with Crippen molar-refractivity contribution >= 4 is 12.1 Å². The van der Waals surface area contributed by atoms with Crippen LogP contribution in [0.3, 0.4) is 0 Å². The Balaban J connectivity index is 2.28. The van der Waals surface area contributed by atoms with Crippen LogP contribution in [0.1, 0.15) is 46.6 Å². The van der Waals surface area contributed by atoms with Gasteiger partial charge in [-0.15, -0.1) is 0 Å². The van der Waals surface area contributed by atoms with Crippen molar-refractivity contribution in [2.24, 2.45) is 5.92 Å². The van der Waals surface area contributed by atoms with Gasteiger partial charge in [0.05, 0.1) is 19.1 Å². The molecular weight excluding hydrogens is 344 g/mol. The van der Waals surface area contributed by atoms with Gasteiger partial charge in [0, 0.05) is 24.5 Å². The van der Waals surface area contributed by atoms with E-state index in [0.29, 0.717) is 19.6 Å². The molecule has 27 heavy (non-hydrogen) atoms. The lowest BCUT2D eigenvalue weighted by atomic mass is 9.91. The third-order valence-corrected chi connectivity index (χ3v) is 4.67. The van der Waals surface area contributed by atoms with Crippen molar-refractivity contribution in [1.29, 1.82) is 0 Å². The third-order valence-electron chi connectivity index (χ3n) is 4.67. The van der Waals surface area contributed by atoms with E-state index in [1.165, 1.54) is 5.56 Å². The van der Waals surface area contributed by atoms with Crippen LogP contribution in [0, 0.1) is 5.92 Å². The van der Waals surface area contributed by atoms with E-state index in [2.05, 4.69) is 31.0 Å². The molecule has 0 bridgehead atoms. The zero-order valence-electron chi connectivity index (χ0n) is 17.1. The Kier molecular flexibility index (Phi) is 7.66. The highest BCUT2D eigenvalue weighted by Crippen LogP contribution is 2.32.